The van der Waals surface area contributed by atoms with Crippen molar-refractivity contribution in [3.63, 3.8) is 0 Å². The lowest BCUT2D eigenvalue weighted by Crippen LogP contribution is -2.22. The van der Waals surface area contributed by atoms with Gasteiger partial charge in [0, 0.05) is 0 Å². The molecule has 0 saturated carbocycles. The molecule has 0 amide bonds. The van der Waals surface area contributed by atoms with Crippen LogP contribution in [0.4, 0.5) is 0 Å². The van der Waals surface area contributed by atoms with Gasteiger partial charge in [-0.25, -0.2) is 0 Å². The Morgan fingerprint density at radius 1 is 1.20 bits per heavy atom. The predicted molar refractivity (Wildman–Crippen MR) is 81.1 cm³/mol. The molecule has 0 bridgehead atoms. The Morgan fingerprint density at radius 3 is 2.40 bits per heavy atom. The summed E-state index contributed by atoms with van der Waals surface area (Å²) in [5, 5.41) is 4.01. The van der Waals surface area contributed by atoms with E-state index in [1.54, 1.807) is 24.3 Å². The predicted octanol–water partition coefficient (Wildman–Crippen LogP) is 3.01. The van der Waals surface area contributed by atoms with Crippen molar-refractivity contribution < 1.29 is 8.42 Å². The van der Waals surface area contributed by atoms with E-state index in [9.17, 15) is 8.42 Å². The van der Waals surface area contributed by atoms with Crippen molar-refractivity contribution in [2.24, 2.45) is 10.5 Å². The van der Waals surface area contributed by atoms with E-state index in [1.165, 1.54) is 0 Å². The van der Waals surface area contributed by atoms with Crippen LogP contribution in [0.5, 0.6) is 0 Å². The lowest BCUT2D eigenvalue weighted by atomic mass is 9.82. The molecular weight excluding hydrogens is 272 g/mol. The van der Waals surface area contributed by atoms with Gasteiger partial charge in [-0.3, -0.25) is 0 Å². The van der Waals surface area contributed by atoms with Gasteiger partial charge in [0.05, 0.1) is 10.6 Å². The molecule has 0 fully saturated rings. The molecule has 5 heteroatoms. The van der Waals surface area contributed by atoms with E-state index in [1.807, 2.05) is 13.0 Å². The first kappa shape index (κ1) is 14.8. The van der Waals surface area contributed by atoms with Crippen molar-refractivity contribution in [3.05, 3.63) is 42.0 Å². The second-order valence-electron chi connectivity index (χ2n) is 5.83. The third-order valence-electron chi connectivity index (χ3n) is 3.39. The highest BCUT2D eigenvalue weighted by molar-refractivity contribution is 7.89. The van der Waals surface area contributed by atoms with E-state index >= 15 is 0 Å². The maximum atomic E-state index is 12.1. The molecule has 0 aromatic heterocycles. The Bertz CT molecular complexity index is 641. The fourth-order valence-electron chi connectivity index (χ4n) is 1.92. The molecule has 0 spiro atoms. The number of benzene rings is 1. The topological polar surface area (TPSA) is 58.5 Å². The first-order valence-corrected chi connectivity index (χ1v) is 8.11. The first-order valence-electron chi connectivity index (χ1n) is 6.63. The van der Waals surface area contributed by atoms with Gasteiger partial charge in [0.2, 0.25) is 0 Å². The lowest BCUT2D eigenvalue weighted by molar-refractivity contribution is 0.441. The van der Waals surface area contributed by atoms with Gasteiger partial charge in [0.25, 0.3) is 10.0 Å². The number of aryl methyl sites for hydroxylation is 1. The van der Waals surface area contributed by atoms with E-state index in [0.29, 0.717) is 0 Å². The van der Waals surface area contributed by atoms with Crippen LogP contribution in [0.2, 0.25) is 0 Å². The normalized spacial score (nSPS) is 20.1. The molecule has 2 rings (SSSR count). The summed E-state index contributed by atoms with van der Waals surface area (Å²) in [6, 6.07) is 6.70. The van der Waals surface area contributed by atoms with Gasteiger partial charge < -0.3 is 0 Å². The fraction of sp³-hybridized carbons (Fsp3) is 0.400. The average molecular weight is 292 g/mol. The molecule has 0 radical (unpaired) electrons. The quantitative estimate of drug-likeness (QED) is 0.871. The van der Waals surface area contributed by atoms with Gasteiger partial charge in [-0.1, -0.05) is 37.6 Å². The summed E-state index contributed by atoms with van der Waals surface area (Å²) in [6.45, 7) is 6.21. The molecule has 4 nitrogen and oxygen atoms in total. The van der Waals surface area contributed by atoms with Crippen LogP contribution in [-0.2, 0) is 10.0 Å². The highest BCUT2D eigenvalue weighted by atomic mass is 32.2. The molecule has 0 saturated heterocycles. The van der Waals surface area contributed by atoms with Crippen LogP contribution in [-0.4, -0.2) is 14.1 Å². The summed E-state index contributed by atoms with van der Waals surface area (Å²) in [5.74, 6) is 0. The van der Waals surface area contributed by atoms with E-state index in [-0.39, 0.29) is 10.3 Å². The Labute approximate surface area is 120 Å². The van der Waals surface area contributed by atoms with Gasteiger partial charge >= 0.3 is 0 Å². The molecule has 1 aliphatic carbocycles. The molecule has 20 heavy (non-hydrogen) atoms. The summed E-state index contributed by atoms with van der Waals surface area (Å²) in [5.41, 5.74) is 1.95. The van der Waals surface area contributed by atoms with E-state index in [4.69, 9.17) is 0 Å². The van der Waals surface area contributed by atoms with Gasteiger partial charge in [-0.05, 0) is 43.4 Å². The third-order valence-corrected chi connectivity index (χ3v) is 4.62. The Balaban J connectivity index is 2.12. The lowest BCUT2D eigenvalue weighted by Gasteiger charge is -2.24. The van der Waals surface area contributed by atoms with E-state index in [2.05, 4.69) is 29.9 Å². The number of hydrogen-bond acceptors (Lipinski definition) is 3. The van der Waals surface area contributed by atoms with Gasteiger partial charge in [-0.15, -0.1) is 0 Å². The fourth-order valence-corrected chi connectivity index (χ4v) is 2.76. The molecule has 0 heterocycles. The number of sulfonamides is 1. The molecule has 1 aromatic carbocycles. The Hall–Kier alpha value is -1.62. The molecule has 1 aromatic rings. The average Bonchev–Trinajstić information content (AvgIpc) is 2.38. The Morgan fingerprint density at radius 2 is 1.85 bits per heavy atom. The number of hydrazone groups is 1. The minimum absolute atomic E-state index is 0.162. The van der Waals surface area contributed by atoms with E-state index in [0.717, 1.165) is 24.1 Å². The van der Waals surface area contributed by atoms with Gasteiger partial charge in [0.15, 0.2) is 0 Å². The zero-order valence-corrected chi connectivity index (χ0v) is 12.9. The van der Waals surface area contributed by atoms with Crippen LogP contribution in [0.1, 0.15) is 32.3 Å². The van der Waals surface area contributed by atoms with Crippen LogP contribution in [0.3, 0.4) is 0 Å². The second-order valence-corrected chi connectivity index (χ2v) is 7.49. The zero-order chi connectivity index (χ0) is 14.8. The Kier molecular flexibility index (Phi) is 3.99. The van der Waals surface area contributed by atoms with Crippen LogP contribution in [0, 0.1) is 12.3 Å². The zero-order valence-electron chi connectivity index (χ0n) is 12.1. The highest BCUT2D eigenvalue weighted by Gasteiger charge is 2.19. The molecule has 0 aliphatic heterocycles. The summed E-state index contributed by atoms with van der Waals surface area (Å²) in [6.07, 6.45) is 5.70. The molecular formula is C15H20N2O2S. The summed E-state index contributed by atoms with van der Waals surface area (Å²) in [4.78, 5) is 2.53. The van der Waals surface area contributed by atoms with Crippen molar-refractivity contribution in [1.82, 2.24) is 4.83 Å². The number of rotatable bonds is 3. The second kappa shape index (κ2) is 5.40. The van der Waals surface area contributed by atoms with Crippen molar-refractivity contribution in [2.45, 2.75) is 38.5 Å². The summed E-state index contributed by atoms with van der Waals surface area (Å²) >= 11 is 0. The van der Waals surface area contributed by atoms with Crippen LogP contribution >= 0.6 is 0 Å². The van der Waals surface area contributed by atoms with Gasteiger partial charge in [0.1, 0.15) is 0 Å². The van der Waals surface area contributed by atoms with Crippen LogP contribution < -0.4 is 4.83 Å². The van der Waals surface area contributed by atoms with Crippen LogP contribution in [0.25, 0.3) is 0 Å². The van der Waals surface area contributed by atoms with Crippen molar-refractivity contribution in [1.29, 1.82) is 0 Å². The van der Waals surface area contributed by atoms with Gasteiger partial charge in [-0.2, -0.15) is 18.4 Å². The smallest absolute Gasteiger partial charge is 0.200 e. The van der Waals surface area contributed by atoms with Crippen molar-refractivity contribution >= 4 is 15.7 Å². The number of nitrogens with one attached hydrogen (secondary N) is 1. The van der Waals surface area contributed by atoms with Crippen molar-refractivity contribution in [3.8, 4) is 0 Å². The highest BCUT2D eigenvalue weighted by Crippen LogP contribution is 2.28. The molecule has 0 atom stereocenters. The summed E-state index contributed by atoms with van der Waals surface area (Å²) < 4.78 is 24.1. The first-order chi connectivity index (χ1) is 9.28. The largest absolute Gasteiger partial charge is 0.276 e. The maximum Gasteiger partial charge on any atom is 0.276 e. The number of allylic oxidation sites excluding steroid dienone is 2. The monoisotopic (exact) mass is 292 g/mol. The minimum Gasteiger partial charge on any atom is -0.200 e. The molecule has 1 aliphatic rings. The number of nitrogens with zero attached hydrogens (tertiary/aromatic N) is 1. The van der Waals surface area contributed by atoms with Crippen molar-refractivity contribution in [2.75, 3.05) is 0 Å². The standard InChI is InChI=1S/C15H20N2O2S/c1-12-4-6-14(7-5-12)20(18,19)17-16-13-8-10-15(2,3)11-9-13/h4-8,10,17H,9,11H2,1-3H3/b16-13+. The molecule has 108 valence electrons. The molecule has 1 N–H and O–H groups in total. The third kappa shape index (κ3) is 3.70. The van der Waals surface area contributed by atoms with E-state index < -0.39 is 10.0 Å². The maximum absolute atomic E-state index is 12.1. The number of hydrogen-bond donors (Lipinski definition) is 1. The molecule has 0 unspecified atom stereocenters. The SMILES string of the molecule is Cc1ccc(S(=O)(=O)N/N=C2\C=CC(C)(C)CC2)cc1. The summed E-state index contributed by atoms with van der Waals surface area (Å²) in [7, 11) is -3.58. The van der Waals surface area contributed by atoms with Crippen LogP contribution in [0.15, 0.2) is 46.4 Å². The minimum atomic E-state index is -3.58.